The average Bonchev–Trinajstić information content (AvgIpc) is 3.45. The van der Waals surface area contributed by atoms with Crippen molar-refractivity contribution >= 4 is 43.6 Å². The first-order chi connectivity index (χ1) is 22.3. The molecule has 0 radical (unpaired) electrons. The number of carbonyl (C=O) groups excluding carboxylic acids is 1. The highest BCUT2D eigenvalue weighted by atomic mass is 32.2. The van der Waals surface area contributed by atoms with Crippen LogP contribution in [0.5, 0.6) is 5.75 Å². The number of hydrogen-bond donors (Lipinski definition) is 3. The Hall–Kier alpha value is -5.41. The lowest BCUT2D eigenvalue weighted by molar-refractivity contribution is 0.0690. The van der Waals surface area contributed by atoms with Gasteiger partial charge in [-0.2, -0.15) is 0 Å². The molecule has 0 saturated heterocycles. The fourth-order valence-electron chi connectivity index (χ4n) is 5.72. The number of aryl methyl sites for hydroxylation is 3. The molecule has 0 atom stereocenters. The van der Waals surface area contributed by atoms with Crippen molar-refractivity contribution in [2.45, 2.75) is 30.6 Å². The number of fused-ring (bicyclic) bond motifs is 2. The average molecular weight is 633 g/mol. The van der Waals surface area contributed by atoms with E-state index in [1.807, 2.05) is 66.7 Å². The van der Waals surface area contributed by atoms with Crippen LogP contribution in [0.2, 0.25) is 0 Å². The summed E-state index contributed by atoms with van der Waals surface area (Å²) in [6.45, 7) is 0.440. The Labute approximate surface area is 266 Å². The van der Waals surface area contributed by atoms with Gasteiger partial charge in [0.15, 0.2) is 0 Å². The molecule has 1 heterocycles. The van der Waals surface area contributed by atoms with Crippen molar-refractivity contribution in [3.63, 3.8) is 0 Å². The zero-order chi connectivity index (χ0) is 32.1. The molecular formula is C37H32N2O6S. The summed E-state index contributed by atoms with van der Waals surface area (Å²) in [6, 6.07) is 34.4. The Morgan fingerprint density at radius 3 is 2.30 bits per heavy atom. The van der Waals surface area contributed by atoms with Crippen LogP contribution in [-0.4, -0.2) is 37.0 Å². The molecule has 0 aliphatic heterocycles. The third-order valence-corrected chi connectivity index (χ3v) is 9.32. The van der Waals surface area contributed by atoms with Crippen LogP contribution < -0.4 is 9.46 Å². The van der Waals surface area contributed by atoms with Gasteiger partial charge in [0, 0.05) is 21.9 Å². The van der Waals surface area contributed by atoms with Gasteiger partial charge in [-0.1, -0.05) is 84.9 Å². The third kappa shape index (κ3) is 6.64. The quantitative estimate of drug-likeness (QED) is 0.126. The maximum Gasteiger partial charge on any atom is 0.352 e. The van der Waals surface area contributed by atoms with Crippen molar-refractivity contribution in [1.29, 1.82) is 0 Å². The number of carboxylic acid groups (broad SMARTS) is 1. The minimum absolute atomic E-state index is 0.0102. The second-order valence-corrected chi connectivity index (χ2v) is 12.7. The molecule has 9 heteroatoms. The zero-order valence-corrected chi connectivity index (χ0v) is 25.7. The maximum atomic E-state index is 12.8. The maximum absolute atomic E-state index is 12.8. The first-order valence-corrected chi connectivity index (χ1v) is 16.5. The fourth-order valence-corrected chi connectivity index (χ4v) is 6.72. The van der Waals surface area contributed by atoms with Crippen LogP contribution in [0.15, 0.2) is 120 Å². The van der Waals surface area contributed by atoms with Gasteiger partial charge in [-0.25, -0.2) is 17.9 Å². The molecule has 5 aromatic carbocycles. The van der Waals surface area contributed by atoms with Gasteiger partial charge in [0.1, 0.15) is 11.4 Å². The lowest BCUT2D eigenvalue weighted by Crippen LogP contribution is -2.30. The van der Waals surface area contributed by atoms with Gasteiger partial charge in [0.05, 0.1) is 11.5 Å². The molecule has 0 fully saturated rings. The van der Waals surface area contributed by atoms with Crippen molar-refractivity contribution in [1.82, 2.24) is 9.71 Å². The van der Waals surface area contributed by atoms with Crippen molar-refractivity contribution < 1.29 is 27.9 Å². The lowest BCUT2D eigenvalue weighted by Gasteiger charge is -2.10. The van der Waals surface area contributed by atoms with Crippen molar-refractivity contribution in [2.75, 3.05) is 6.61 Å². The van der Waals surface area contributed by atoms with Crippen LogP contribution in [-0.2, 0) is 29.3 Å². The second kappa shape index (κ2) is 13.3. The Morgan fingerprint density at radius 2 is 1.48 bits per heavy atom. The normalized spacial score (nSPS) is 11.5. The molecule has 0 spiro atoms. The predicted molar refractivity (Wildman–Crippen MR) is 178 cm³/mol. The number of rotatable bonds is 12. The van der Waals surface area contributed by atoms with Crippen LogP contribution in [0.25, 0.3) is 21.7 Å². The molecule has 0 unspecified atom stereocenters. The Morgan fingerprint density at radius 1 is 0.761 bits per heavy atom. The van der Waals surface area contributed by atoms with E-state index in [1.54, 1.807) is 36.4 Å². The van der Waals surface area contributed by atoms with Crippen molar-refractivity contribution in [3.05, 3.63) is 143 Å². The molecular weight excluding hydrogens is 600 g/mol. The zero-order valence-electron chi connectivity index (χ0n) is 24.9. The van der Waals surface area contributed by atoms with Crippen LogP contribution in [0.4, 0.5) is 0 Å². The number of sulfonamides is 1. The van der Waals surface area contributed by atoms with Crippen molar-refractivity contribution in [2.24, 2.45) is 0 Å². The van der Waals surface area contributed by atoms with E-state index >= 15 is 0 Å². The number of ether oxygens (including phenoxy) is 1. The summed E-state index contributed by atoms with van der Waals surface area (Å²) in [4.78, 5) is 28.2. The number of aromatic nitrogens is 1. The van der Waals surface area contributed by atoms with Crippen LogP contribution in [0, 0.1) is 0 Å². The molecule has 46 heavy (non-hydrogen) atoms. The van der Waals surface area contributed by atoms with Crippen LogP contribution in [0.1, 0.15) is 44.0 Å². The molecule has 1 amide bonds. The Kier molecular flexibility index (Phi) is 8.85. The number of H-pyrrole nitrogens is 1. The monoisotopic (exact) mass is 632 g/mol. The minimum atomic E-state index is -4.00. The van der Waals surface area contributed by atoms with Crippen molar-refractivity contribution in [3.8, 4) is 5.75 Å². The molecule has 0 saturated carbocycles. The lowest BCUT2D eigenvalue weighted by atomic mass is 9.99. The highest BCUT2D eigenvalue weighted by Gasteiger charge is 2.20. The summed E-state index contributed by atoms with van der Waals surface area (Å²) in [5.41, 5.74) is 3.70. The first-order valence-electron chi connectivity index (χ1n) is 15.0. The van der Waals surface area contributed by atoms with E-state index in [0.717, 1.165) is 44.1 Å². The summed E-state index contributed by atoms with van der Waals surface area (Å²) < 4.78 is 33.5. The van der Waals surface area contributed by atoms with E-state index in [-0.39, 0.29) is 16.2 Å². The number of carboxylic acids is 1. The van der Waals surface area contributed by atoms with Gasteiger partial charge in [-0.05, 0) is 78.1 Å². The predicted octanol–water partition coefficient (Wildman–Crippen LogP) is 6.93. The number of nitrogens with one attached hydrogen (secondary N) is 2. The Balaban J connectivity index is 1.14. The highest BCUT2D eigenvalue weighted by Crippen LogP contribution is 2.29. The summed E-state index contributed by atoms with van der Waals surface area (Å²) in [5, 5.41) is 13.0. The largest absolute Gasteiger partial charge is 0.493 e. The molecule has 0 bridgehead atoms. The highest BCUT2D eigenvalue weighted by molar-refractivity contribution is 7.90. The summed E-state index contributed by atoms with van der Waals surface area (Å²) in [5.74, 6) is -0.925. The summed E-state index contributed by atoms with van der Waals surface area (Å²) in [7, 11) is -4.00. The van der Waals surface area contributed by atoms with E-state index in [9.17, 15) is 23.1 Å². The molecule has 3 N–H and O–H groups in total. The molecule has 1 aromatic heterocycles. The van der Waals surface area contributed by atoms with Crippen LogP contribution in [0.3, 0.4) is 0 Å². The van der Waals surface area contributed by atoms with Gasteiger partial charge in [-0.15, -0.1) is 0 Å². The minimum Gasteiger partial charge on any atom is -0.493 e. The molecule has 232 valence electrons. The Bertz CT molecular complexity index is 2150. The summed E-state index contributed by atoms with van der Waals surface area (Å²) >= 11 is 0. The number of aromatic amines is 1. The van der Waals surface area contributed by atoms with E-state index in [1.165, 1.54) is 12.1 Å². The molecule has 6 rings (SSSR count). The van der Waals surface area contributed by atoms with Gasteiger partial charge >= 0.3 is 5.97 Å². The number of aromatic carboxylic acids is 1. The van der Waals surface area contributed by atoms with Gasteiger partial charge in [0.2, 0.25) is 0 Å². The van der Waals surface area contributed by atoms with E-state index in [0.29, 0.717) is 32.3 Å². The number of carbonyl (C=O) groups is 2. The van der Waals surface area contributed by atoms with E-state index < -0.39 is 21.9 Å². The number of amides is 1. The van der Waals surface area contributed by atoms with Gasteiger partial charge in [0.25, 0.3) is 15.9 Å². The molecule has 0 aliphatic rings. The van der Waals surface area contributed by atoms with E-state index in [2.05, 4.69) is 9.71 Å². The topological polar surface area (TPSA) is 126 Å². The fraction of sp³-hybridized carbons (Fsp3) is 0.135. The molecule has 6 aromatic rings. The number of para-hydroxylation sites is 1. The van der Waals surface area contributed by atoms with Gasteiger partial charge in [-0.3, -0.25) is 4.79 Å². The molecule has 0 aliphatic carbocycles. The van der Waals surface area contributed by atoms with E-state index in [4.69, 9.17) is 4.74 Å². The standard InChI is InChI=1S/C37H32N2O6S/c40-36(39-46(43,44)29-15-2-1-3-16-29)28-14-6-10-25(24-28)21-22-27-13-7-18-31-32(35(37(41)42)38-34(27)31)19-9-23-45-33-20-8-12-26-11-4-5-17-30(26)33/h1-8,10-18,20,24,38H,9,19,21-23H2,(H,39,40)(H,41,42). The molecule has 8 nitrogen and oxygen atoms in total. The smallest absolute Gasteiger partial charge is 0.352 e. The number of hydrogen-bond acceptors (Lipinski definition) is 5. The first kappa shape index (κ1) is 30.6. The number of benzene rings is 5. The second-order valence-electron chi connectivity index (χ2n) is 11.0. The SMILES string of the molecule is O=C(NS(=O)(=O)c1ccccc1)c1cccc(CCc2cccc3c(CCCOc4cccc5ccccc45)c(C(=O)O)[nH]c23)c1. The van der Waals surface area contributed by atoms with Gasteiger partial charge < -0.3 is 14.8 Å². The third-order valence-electron chi connectivity index (χ3n) is 7.97. The summed E-state index contributed by atoms with van der Waals surface area (Å²) in [6.07, 6.45) is 2.30. The van der Waals surface area contributed by atoms with Crippen LogP contribution >= 0.6 is 0 Å².